The fraction of sp³-hybridized carbons (Fsp3) is 0.231. The van der Waals surface area contributed by atoms with Crippen LogP contribution in [0.25, 0.3) is 10.4 Å². The highest BCUT2D eigenvalue weighted by atomic mass is 32.1. The summed E-state index contributed by atoms with van der Waals surface area (Å²) < 4.78 is 37.6. The van der Waals surface area contributed by atoms with Gasteiger partial charge in [0.05, 0.1) is 10.4 Å². The van der Waals surface area contributed by atoms with Gasteiger partial charge in [-0.05, 0) is 36.6 Å². The number of aryl methyl sites for hydroxylation is 2. The normalized spacial score (nSPS) is 11.7. The molecule has 7 heteroatoms. The highest BCUT2D eigenvalue weighted by Crippen LogP contribution is 2.37. The van der Waals surface area contributed by atoms with E-state index in [1.807, 2.05) is 0 Å². The van der Waals surface area contributed by atoms with Crippen molar-refractivity contribution in [1.29, 1.82) is 0 Å². The minimum Gasteiger partial charge on any atom is -0.478 e. The molecule has 106 valence electrons. The molecule has 0 unspecified atom stereocenters. The minimum atomic E-state index is -4.49. The van der Waals surface area contributed by atoms with Crippen LogP contribution in [0.5, 0.6) is 0 Å². The average Bonchev–Trinajstić information content (AvgIpc) is 2.77. The molecule has 2 rings (SSSR count). The van der Waals surface area contributed by atoms with E-state index >= 15 is 0 Å². The predicted octanol–water partition coefficient (Wildman–Crippen LogP) is 4.14. The molecule has 0 amide bonds. The molecule has 3 nitrogen and oxygen atoms in total. The average molecular weight is 301 g/mol. The van der Waals surface area contributed by atoms with E-state index in [0.717, 1.165) is 6.20 Å². The molecule has 0 aliphatic carbocycles. The number of halogens is 3. The summed E-state index contributed by atoms with van der Waals surface area (Å²) in [4.78, 5) is 14.7. The number of aromatic nitrogens is 1. The van der Waals surface area contributed by atoms with Crippen LogP contribution in [0.4, 0.5) is 13.2 Å². The molecule has 1 aromatic carbocycles. The fourth-order valence-corrected chi connectivity index (χ4v) is 2.74. The number of benzene rings is 1. The number of alkyl halides is 3. The molecule has 0 saturated carbocycles. The summed E-state index contributed by atoms with van der Waals surface area (Å²) in [5.41, 5.74) is 1.82. The quantitative estimate of drug-likeness (QED) is 0.906. The van der Waals surface area contributed by atoms with Crippen LogP contribution < -0.4 is 0 Å². The van der Waals surface area contributed by atoms with Crippen LogP contribution in [0.2, 0.25) is 0 Å². The molecule has 1 heterocycles. The summed E-state index contributed by atoms with van der Waals surface area (Å²) in [7, 11) is 0. The Morgan fingerprint density at radius 1 is 1.25 bits per heavy atom. The van der Waals surface area contributed by atoms with Crippen LogP contribution in [0.1, 0.15) is 26.5 Å². The van der Waals surface area contributed by atoms with Gasteiger partial charge in [-0.15, -0.1) is 11.3 Å². The molecule has 0 aliphatic heterocycles. The third kappa shape index (κ3) is 2.67. The Balaban J connectivity index is 2.55. The van der Waals surface area contributed by atoms with E-state index < -0.39 is 17.2 Å². The highest BCUT2D eigenvalue weighted by molar-refractivity contribution is 7.15. The Morgan fingerprint density at radius 3 is 2.40 bits per heavy atom. The smallest absolute Gasteiger partial charge is 0.443 e. The van der Waals surface area contributed by atoms with E-state index in [0.29, 0.717) is 32.9 Å². The van der Waals surface area contributed by atoms with Gasteiger partial charge in [-0.25, -0.2) is 9.78 Å². The molecule has 0 spiro atoms. The van der Waals surface area contributed by atoms with Gasteiger partial charge in [0.2, 0.25) is 0 Å². The first-order chi connectivity index (χ1) is 9.20. The van der Waals surface area contributed by atoms with Gasteiger partial charge in [-0.1, -0.05) is 6.07 Å². The number of nitrogens with zero attached hydrogens (tertiary/aromatic N) is 1. The monoisotopic (exact) mass is 301 g/mol. The first kappa shape index (κ1) is 14.5. The van der Waals surface area contributed by atoms with Crippen molar-refractivity contribution in [1.82, 2.24) is 4.98 Å². The molecule has 1 N–H and O–H groups in total. The van der Waals surface area contributed by atoms with Gasteiger partial charge in [-0.3, -0.25) is 0 Å². The van der Waals surface area contributed by atoms with Crippen molar-refractivity contribution in [3.63, 3.8) is 0 Å². The van der Waals surface area contributed by atoms with E-state index in [1.54, 1.807) is 19.9 Å². The SMILES string of the molecule is Cc1cc(C)c(-c2cnc(C(F)(F)F)s2)cc1C(=O)O. The summed E-state index contributed by atoms with van der Waals surface area (Å²) in [5.74, 6) is -1.11. The van der Waals surface area contributed by atoms with Gasteiger partial charge in [0.15, 0.2) is 5.01 Å². The second-order valence-electron chi connectivity index (χ2n) is 4.31. The molecule has 20 heavy (non-hydrogen) atoms. The van der Waals surface area contributed by atoms with Gasteiger partial charge in [0, 0.05) is 6.20 Å². The standard InChI is InChI=1S/C13H10F3NO2S/c1-6-3-7(2)9(11(18)19)4-8(6)10-5-17-12(20-10)13(14,15)16/h3-5H,1-2H3,(H,18,19). The van der Waals surface area contributed by atoms with Crippen LogP contribution >= 0.6 is 11.3 Å². The molecule has 2 aromatic rings. The van der Waals surface area contributed by atoms with Crippen LogP contribution in [0, 0.1) is 13.8 Å². The number of hydrogen-bond donors (Lipinski definition) is 1. The van der Waals surface area contributed by atoms with Gasteiger partial charge in [0.1, 0.15) is 0 Å². The zero-order valence-corrected chi connectivity index (χ0v) is 11.4. The molecule has 0 aliphatic rings. The van der Waals surface area contributed by atoms with Gasteiger partial charge in [-0.2, -0.15) is 13.2 Å². The summed E-state index contributed by atoms with van der Waals surface area (Å²) in [6, 6.07) is 3.03. The van der Waals surface area contributed by atoms with Crippen LogP contribution in [-0.4, -0.2) is 16.1 Å². The van der Waals surface area contributed by atoms with Crippen molar-refractivity contribution in [3.05, 3.63) is 40.0 Å². The van der Waals surface area contributed by atoms with Crippen LogP contribution in [0.15, 0.2) is 18.3 Å². The molecule has 0 fully saturated rings. The summed E-state index contributed by atoms with van der Waals surface area (Å²) >= 11 is 0.504. The molecule has 1 aromatic heterocycles. The highest BCUT2D eigenvalue weighted by Gasteiger charge is 2.34. The molecular formula is C13H10F3NO2S. The second kappa shape index (κ2) is 4.90. The Kier molecular flexibility index (Phi) is 3.56. The van der Waals surface area contributed by atoms with E-state index in [1.165, 1.54) is 6.07 Å². The largest absolute Gasteiger partial charge is 0.478 e. The Morgan fingerprint density at radius 2 is 1.90 bits per heavy atom. The number of carbonyl (C=O) groups is 1. The van der Waals surface area contributed by atoms with Gasteiger partial charge >= 0.3 is 12.1 Å². The summed E-state index contributed by atoms with van der Waals surface area (Å²) in [6.45, 7) is 3.37. The Hall–Kier alpha value is -1.89. The zero-order valence-electron chi connectivity index (χ0n) is 10.6. The molecule has 0 bridgehead atoms. The summed E-state index contributed by atoms with van der Waals surface area (Å²) in [6.07, 6.45) is -3.37. The predicted molar refractivity (Wildman–Crippen MR) is 69.0 cm³/mol. The topological polar surface area (TPSA) is 50.2 Å². The zero-order chi connectivity index (χ0) is 15.1. The lowest BCUT2D eigenvalue weighted by molar-refractivity contribution is -0.137. The molecular weight excluding hydrogens is 291 g/mol. The van der Waals surface area contributed by atoms with Crippen LogP contribution in [-0.2, 0) is 6.18 Å². The number of carboxylic acid groups (broad SMARTS) is 1. The lowest BCUT2D eigenvalue weighted by atomic mass is 9.99. The third-order valence-electron chi connectivity index (χ3n) is 2.82. The van der Waals surface area contributed by atoms with E-state index in [9.17, 15) is 18.0 Å². The number of aromatic carboxylic acids is 1. The van der Waals surface area contributed by atoms with Crippen molar-refractivity contribution in [2.45, 2.75) is 20.0 Å². The fourth-order valence-electron chi connectivity index (χ4n) is 1.88. The van der Waals surface area contributed by atoms with E-state index in [-0.39, 0.29) is 5.56 Å². The second-order valence-corrected chi connectivity index (χ2v) is 5.35. The van der Waals surface area contributed by atoms with Gasteiger partial charge < -0.3 is 5.11 Å². The maximum atomic E-state index is 12.5. The summed E-state index contributed by atoms with van der Waals surface area (Å²) in [5, 5.41) is 8.13. The lowest BCUT2D eigenvalue weighted by Gasteiger charge is -2.08. The Labute approximate surface area is 116 Å². The minimum absolute atomic E-state index is 0.0764. The van der Waals surface area contributed by atoms with Gasteiger partial charge in [0.25, 0.3) is 0 Å². The third-order valence-corrected chi connectivity index (χ3v) is 3.89. The Bertz CT molecular complexity index is 677. The van der Waals surface area contributed by atoms with E-state index in [4.69, 9.17) is 5.11 Å². The van der Waals surface area contributed by atoms with Crippen molar-refractivity contribution < 1.29 is 23.1 Å². The van der Waals surface area contributed by atoms with Crippen molar-refractivity contribution in [3.8, 4) is 10.4 Å². The number of carboxylic acids is 1. The lowest BCUT2D eigenvalue weighted by Crippen LogP contribution is -2.02. The number of rotatable bonds is 2. The van der Waals surface area contributed by atoms with Crippen LogP contribution in [0.3, 0.4) is 0 Å². The number of thiazole rings is 1. The van der Waals surface area contributed by atoms with Crippen molar-refractivity contribution >= 4 is 17.3 Å². The van der Waals surface area contributed by atoms with E-state index in [2.05, 4.69) is 4.98 Å². The maximum Gasteiger partial charge on any atom is 0.443 e. The maximum absolute atomic E-state index is 12.5. The first-order valence-corrected chi connectivity index (χ1v) is 6.39. The number of hydrogen-bond acceptors (Lipinski definition) is 3. The first-order valence-electron chi connectivity index (χ1n) is 5.58. The molecule has 0 radical (unpaired) electrons. The van der Waals surface area contributed by atoms with Crippen molar-refractivity contribution in [2.75, 3.05) is 0 Å². The molecule has 0 atom stereocenters. The molecule has 0 saturated heterocycles. The van der Waals surface area contributed by atoms with Crippen molar-refractivity contribution in [2.24, 2.45) is 0 Å².